The van der Waals surface area contributed by atoms with E-state index in [0.717, 1.165) is 23.6 Å². The number of rotatable bonds is 3. The van der Waals surface area contributed by atoms with Crippen LogP contribution in [0.15, 0.2) is 42.5 Å². The van der Waals surface area contributed by atoms with Crippen LogP contribution in [-0.2, 0) is 16.0 Å². The molecule has 2 aromatic rings. The summed E-state index contributed by atoms with van der Waals surface area (Å²) < 4.78 is 26.7. The van der Waals surface area contributed by atoms with E-state index in [1.54, 1.807) is 4.90 Å². The van der Waals surface area contributed by atoms with E-state index in [1.165, 1.54) is 13.0 Å². The fourth-order valence-electron chi connectivity index (χ4n) is 3.22. The number of carbonyl (C=O) groups is 2. The normalized spacial score (nSPS) is 16.3. The molecule has 1 aliphatic heterocycles. The molecule has 0 aliphatic carbocycles. The molecular formula is C19H18F2N2O2. The molecule has 2 aromatic carbocycles. The largest absolute Gasteiger partial charge is 0.335 e. The molecule has 3 rings (SSSR count). The summed E-state index contributed by atoms with van der Waals surface area (Å²) in [6, 6.07) is 10.3. The van der Waals surface area contributed by atoms with Crippen molar-refractivity contribution in [2.75, 3.05) is 11.9 Å². The SMILES string of the molecule is CC(=O)N1CCc2ccccc2C1CC(=O)Nc1ccc(F)cc1F. The van der Waals surface area contributed by atoms with Gasteiger partial charge in [-0.1, -0.05) is 24.3 Å². The molecular weight excluding hydrogens is 326 g/mol. The van der Waals surface area contributed by atoms with Gasteiger partial charge in [0.15, 0.2) is 0 Å². The fraction of sp³-hybridized carbons (Fsp3) is 0.263. The Morgan fingerprint density at radius 3 is 2.68 bits per heavy atom. The second kappa shape index (κ2) is 7.01. The Kier molecular flexibility index (Phi) is 4.79. The minimum absolute atomic E-state index is 0.00735. The Morgan fingerprint density at radius 2 is 1.96 bits per heavy atom. The Balaban J connectivity index is 1.81. The molecule has 0 saturated carbocycles. The molecule has 0 fully saturated rings. The van der Waals surface area contributed by atoms with Gasteiger partial charge in [0.2, 0.25) is 11.8 Å². The van der Waals surface area contributed by atoms with Gasteiger partial charge >= 0.3 is 0 Å². The van der Waals surface area contributed by atoms with E-state index in [9.17, 15) is 18.4 Å². The maximum Gasteiger partial charge on any atom is 0.226 e. The molecule has 1 unspecified atom stereocenters. The van der Waals surface area contributed by atoms with Gasteiger partial charge in [-0.3, -0.25) is 9.59 Å². The van der Waals surface area contributed by atoms with Gasteiger partial charge < -0.3 is 10.2 Å². The lowest BCUT2D eigenvalue weighted by Crippen LogP contribution is -2.40. The van der Waals surface area contributed by atoms with Crippen LogP contribution in [0.5, 0.6) is 0 Å². The second-order valence-electron chi connectivity index (χ2n) is 6.05. The number of hydrogen-bond donors (Lipinski definition) is 1. The van der Waals surface area contributed by atoms with Gasteiger partial charge in [0, 0.05) is 19.5 Å². The summed E-state index contributed by atoms with van der Waals surface area (Å²) in [5, 5.41) is 2.46. The zero-order valence-corrected chi connectivity index (χ0v) is 13.8. The predicted octanol–water partition coefficient (Wildman–Crippen LogP) is 3.44. The van der Waals surface area contributed by atoms with Crippen molar-refractivity contribution in [2.24, 2.45) is 0 Å². The first-order valence-corrected chi connectivity index (χ1v) is 8.05. The Bertz CT molecular complexity index is 823. The molecule has 0 bridgehead atoms. The standard InChI is InChI=1S/C19H18F2N2O2/c1-12(24)23-9-8-13-4-2-3-5-15(13)18(23)11-19(25)22-17-7-6-14(20)10-16(17)21/h2-7,10,18H,8-9,11H2,1H3,(H,22,25). The third kappa shape index (κ3) is 3.68. The van der Waals surface area contributed by atoms with Gasteiger partial charge in [-0.05, 0) is 29.7 Å². The molecule has 1 aliphatic rings. The highest BCUT2D eigenvalue weighted by atomic mass is 19.1. The number of nitrogens with one attached hydrogen (secondary N) is 1. The Hall–Kier alpha value is -2.76. The third-order valence-corrected chi connectivity index (χ3v) is 4.40. The summed E-state index contributed by atoms with van der Waals surface area (Å²) >= 11 is 0. The zero-order chi connectivity index (χ0) is 18.0. The van der Waals surface area contributed by atoms with Crippen molar-refractivity contribution in [3.05, 3.63) is 65.2 Å². The number of hydrogen-bond acceptors (Lipinski definition) is 2. The van der Waals surface area contributed by atoms with Crippen LogP contribution < -0.4 is 5.32 Å². The molecule has 6 heteroatoms. The lowest BCUT2D eigenvalue weighted by atomic mass is 9.90. The minimum Gasteiger partial charge on any atom is -0.335 e. The molecule has 1 heterocycles. The van der Waals surface area contributed by atoms with Gasteiger partial charge in [0.1, 0.15) is 11.6 Å². The van der Waals surface area contributed by atoms with Gasteiger partial charge in [-0.2, -0.15) is 0 Å². The zero-order valence-electron chi connectivity index (χ0n) is 13.8. The summed E-state index contributed by atoms with van der Waals surface area (Å²) in [6.07, 6.45) is 0.744. The molecule has 2 amide bonds. The molecule has 0 radical (unpaired) electrons. The van der Waals surface area contributed by atoms with Crippen LogP contribution in [0.1, 0.15) is 30.5 Å². The maximum atomic E-state index is 13.7. The Labute approximate surface area is 144 Å². The molecule has 1 atom stereocenters. The highest BCUT2D eigenvalue weighted by Crippen LogP contribution is 2.32. The van der Waals surface area contributed by atoms with Crippen molar-refractivity contribution in [3.63, 3.8) is 0 Å². The third-order valence-electron chi connectivity index (χ3n) is 4.40. The van der Waals surface area contributed by atoms with Crippen molar-refractivity contribution in [1.29, 1.82) is 0 Å². The average Bonchev–Trinajstić information content (AvgIpc) is 2.57. The van der Waals surface area contributed by atoms with Gasteiger partial charge in [0.25, 0.3) is 0 Å². The first kappa shape index (κ1) is 17.1. The number of amides is 2. The quantitative estimate of drug-likeness (QED) is 0.927. The summed E-state index contributed by atoms with van der Waals surface area (Å²) in [4.78, 5) is 26.0. The average molecular weight is 344 g/mol. The van der Waals surface area contributed by atoms with E-state index < -0.39 is 23.6 Å². The maximum absolute atomic E-state index is 13.7. The molecule has 130 valence electrons. The number of anilines is 1. The van der Waals surface area contributed by atoms with E-state index in [-0.39, 0.29) is 18.0 Å². The predicted molar refractivity (Wildman–Crippen MR) is 89.9 cm³/mol. The van der Waals surface area contributed by atoms with E-state index in [2.05, 4.69) is 5.32 Å². The van der Waals surface area contributed by atoms with Crippen LogP contribution in [0.25, 0.3) is 0 Å². The highest BCUT2D eigenvalue weighted by Gasteiger charge is 2.30. The van der Waals surface area contributed by atoms with Crippen LogP contribution in [0.3, 0.4) is 0 Å². The van der Waals surface area contributed by atoms with Crippen molar-refractivity contribution < 1.29 is 18.4 Å². The number of fused-ring (bicyclic) bond motifs is 1. The van der Waals surface area contributed by atoms with Gasteiger partial charge in [-0.15, -0.1) is 0 Å². The van der Waals surface area contributed by atoms with Crippen LogP contribution >= 0.6 is 0 Å². The number of carbonyl (C=O) groups excluding carboxylic acids is 2. The molecule has 0 spiro atoms. The molecule has 4 nitrogen and oxygen atoms in total. The van der Waals surface area contributed by atoms with Crippen molar-refractivity contribution in [1.82, 2.24) is 4.90 Å². The van der Waals surface area contributed by atoms with Crippen LogP contribution in [-0.4, -0.2) is 23.3 Å². The molecule has 0 aromatic heterocycles. The van der Waals surface area contributed by atoms with E-state index in [1.807, 2.05) is 24.3 Å². The lowest BCUT2D eigenvalue weighted by molar-refractivity contribution is -0.132. The summed E-state index contributed by atoms with van der Waals surface area (Å²) in [5.41, 5.74) is 1.95. The molecule has 25 heavy (non-hydrogen) atoms. The number of nitrogens with zero attached hydrogens (tertiary/aromatic N) is 1. The first-order chi connectivity index (χ1) is 12.0. The van der Waals surface area contributed by atoms with E-state index >= 15 is 0 Å². The topological polar surface area (TPSA) is 49.4 Å². The fourth-order valence-corrected chi connectivity index (χ4v) is 3.22. The lowest BCUT2D eigenvalue weighted by Gasteiger charge is -2.36. The highest BCUT2D eigenvalue weighted by molar-refractivity contribution is 5.91. The number of halogens is 2. The number of benzene rings is 2. The van der Waals surface area contributed by atoms with E-state index in [0.29, 0.717) is 12.6 Å². The van der Waals surface area contributed by atoms with Crippen molar-refractivity contribution >= 4 is 17.5 Å². The first-order valence-electron chi connectivity index (χ1n) is 8.05. The monoisotopic (exact) mass is 344 g/mol. The smallest absolute Gasteiger partial charge is 0.226 e. The molecule has 1 N–H and O–H groups in total. The van der Waals surface area contributed by atoms with Crippen molar-refractivity contribution in [3.8, 4) is 0 Å². The summed E-state index contributed by atoms with van der Waals surface area (Å²) in [7, 11) is 0. The molecule has 0 saturated heterocycles. The van der Waals surface area contributed by atoms with Crippen LogP contribution in [0, 0.1) is 11.6 Å². The van der Waals surface area contributed by atoms with Crippen LogP contribution in [0.4, 0.5) is 14.5 Å². The van der Waals surface area contributed by atoms with Gasteiger partial charge in [-0.25, -0.2) is 8.78 Å². The van der Waals surface area contributed by atoms with Gasteiger partial charge in [0.05, 0.1) is 18.2 Å². The summed E-state index contributed by atoms with van der Waals surface area (Å²) in [5.74, 6) is -2.08. The Morgan fingerprint density at radius 1 is 1.20 bits per heavy atom. The second-order valence-corrected chi connectivity index (χ2v) is 6.05. The summed E-state index contributed by atoms with van der Waals surface area (Å²) in [6.45, 7) is 2.01. The van der Waals surface area contributed by atoms with Crippen LogP contribution in [0.2, 0.25) is 0 Å². The van der Waals surface area contributed by atoms with Crippen molar-refractivity contribution in [2.45, 2.75) is 25.8 Å². The van der Waals surface area contributed by atoms with E-state index in [4.69, 9.17) is 0 Å². The minimum atomic E-state index is -0.833.